The van der Waals surface area contributed by atoms with Crippen molar-refractivity contribution in [3.63, 3.8) is 0 Å². The van der Waals surface area contributed by atoms with E-state index in [0.29, 0.717) is 0 Å². The zero-order valence-electron chi connectivity index (χ0n) is 8.86. The first-order valence-electron chi connectivity index (χ1n) is 4.33. The van der Waals surface area contributed by atoms with Gasteiger partial charge in [-0.2, -0.15) is 0 Å². The average Bonchev–Trinajstić information content (AvgIpc) is 2.13. The summed E-state index contributed by atoms with van der Waals surface area (Å²) in [4.78, 5) is 26.8. The van der Waals surface area contributed by atoms with Crippen LogP contribution < -0.4 is 0 Å². The van der Waals surface area contributed by atoms with E-state index in [1.807, 2.05) is 0 Å². The number of hydrogen-bond acceptors (Lipinski definition) is 5. The van der Waals surface area contributed by atoms with Gasteiger partial charge < -0.3 is 9.57 Å². The maximum Gasteiger partial charge on any atom is 0.356 e. The summed E-state index contributed by atoms with van der Waals surface area (Å²) in [6, 6.07) is 0. The van der Waals surface area contributed by atoms with Gasteiger partial charge in [0.15, 0.2) is 5.71 Å². The van der Waals surface area contributed by atoms with E-state index in [-0.39, 0.29) is 18.1 Å². The Balaban J connectivity index is 4.68. The number of esters is 1. The van der Waals surface area contributed by atoms with Crippen LogP contribution in [0.15, 0.2) is 5.16 Å². The zero-order chi connectivity index (χ0) is 11.1. The van der Waals surface area contributed by atoms with Gasteiger partial charge in [-0.1, -0.05) is 5.16 Å². The molecule has 0 aliphatic carbocycles. The topological polar surface area (TPSA) is 65.0 Å². The van der Waals surface area contributed by atoms with Crippen LogP contribution in [0.2, 0.25) is 0 Å². The van der Waals surface area contributed by atoms with Crippen LogP contribution in [-0.4, -0.2) is 31.2 Å². The molecule has 0 N–H and O–H groups in total. The van der Waals surface area contributed by atoms with Gasteiger partial charge >= 0.3 is 5.97 Å². The van der Waals surface area contributed by atoms with Gasteiger partial charge in [0.1, 0.15) is 12.9 Å². The Hall–Kier alpha value is -1.39. The summed E-state index contributed by atoms with van der Waals surface area (Å²) in [7, 11) is 1.31. The van der Waals surface area contributed by atoms with Crippen molar-refractivity contribution in [1.29, 1.82) is 0 Å². The van der Waals surface area contributed by atoms with E-state index in [1.165, 1.54) is 14.0 Å². The Kier molecular flexibility index (Phi) is 5.52. The predicted octanol–water partition coefficient (Wildman–Crippen LogP) is 0.777. The molecule has 0 spiro atoms. The smallest absolute Gasteiger partial charge is 0.356 e. The molecule has 5 heteroatoms. The Bertz CT molecular complexity index is 247. The molecule has 5 nitrogen and oxygen atoms in total. The van der Waals surface area contributed by atoms with Crippen molar-refractivity contribution < 1.29 is 19.2 Å². The van der Waals surface area contributed by atoms with Crippen molar-refractivity contribution in [3.8, 4) is 0 Å². The first-order valence-corrected chi connectivity index (χ1v) is 4.33. The Morgan fingerprint density at radius 1 is 1.43 bits per heavy atom. The molecular weight excluding hydrogens is 186 g/mol. The molecular formula is C9H15NO4. The van der Waals surface area contributed by atoms with Gasteiger partial charge in [-0.05, 0) is 20.8 Å². The highest BCUT2D eigenvalue weighted by molar-refractivity contribution is 6.40. The van der Waals surface area contributed by atoms with Gasteiger partial charge in [-0.15, -0.1) is 0 Å². The molecule has 14 heavy (non-hydrogen) atoms. The number of hydrogen-bond donors (Lipinski definition) is 0. The lowest BCUT2D eigenvalue weighted by molar-refractivity contribution is -0.136. The van der Waals surface area contributed by atoms with Gasteiger partial charge in [-0.3, -0.25) is 4.79 Å². The standard InChI is InChI=1S/C9H15NO4/c1-5-14-9(12)8(10-13-4)6(2)7(3)11/h6H,5H2,1-4H3/b10-8+. The molecule has 0 fully saturated rings. The van der Waals surface area contributed by atoms with E-state index >= 15 is 0 Å². The third-order valence-corrected chi connectivity index (χ3v) is 1.69. The molecule has 0 radical (unpaired) electrons. The monoisotopic (exact) mass is 201 g/mol. The molecule has 0 heterocycles. The summed E-state index contributed by atoms with van der Waals surface area (Å²) in [5, 5.41) is 3.49. The molecule has 80 valence electrons. The minimum atomic E-state index is -0.614. The summed E-state index contributed by atoms with van der Waals surface area (Å²) in [6.45, 7) is 4.89. The molecule has 0 aromatic heterocycles. The molecule has 1 atom stereocenters. The molecule has 1 unspecified atom stereocenters. The van der Waals surface area contributed by atoms with Crippen molar-refractivity contribution in [2.24, 2.45) is 11.1 Å². The highest BCUT2D eigenvalue weighted by Gasteiger charge is 2.24. The molecule has 0 rings (SSSR count). The minimum absolute atomic E-state index is 0.00171. The summed E-state index contributed by atoms with van der Waals surface area (Å²) in [6.07, 6.45) is 0. The maximum absolute atomic E-state index is 11.3. The summed E-state index contributed by atoms with van der Waals surface area (Å²) < 4.78 is 4.73. The van der Waals surface area contributed by atoms with Crippen molar-refractivity contribution >= 4 is 17.5 Å². The van der Waals surface area contributed by atoms with Gasteiger partial charge in [0.25, 0.3) is 0 Å². The molecule has 0 aliphatic rings. The van der Waals surface area contributed by atoms with Crippen LogP contribution >= 0.6 is 0 Å². The number of carbonyl (C=O) groups excluding carboxylic acids is 2. The zero-order valence-corrected chi connectivity index (χ0v) is 8.86. The fraction of sp³-hybridized carbons (Fsp3) is 0.667. The fourth-order valence-corrected chi connectivity index (χ4v) is 0.789. The third-order valence-electron chi connectivity index (χ3n) is 1.69. The lowest BCUT2D eigenvalue weighted by atomic mass is 10.0. The van der Waals surface area contributed by atoms with E-state index < -0.39 is 11.9 Å². The van der Waals surface area contributed by atoms with Crippen LogP contribution in [0.4, 0.5) is 0 Å². The van der Waals surface area contributed by atoms with Crippen LogP contribution in [0.1, 0.15) is 20.8 Å². The summed E-state index contributed by atoms with van der Waals surface area (Å²) in [5.41, 5.74) is 0.00171. The largest absolute Gasteiger partial charge is 0.461 e. The van der Waals surface area contributed by atoms with E-state index in [9.17, 15) is 9.59 Å². The van der Waals surface area contributed by atoms with Crippen molar-refractivity contribution in [3.05, 3.63) is 0 Å². The van der Waals surface area contributed by atoms with Gasteiger partial charge in [-0.25, -0.2) is 4.79 Å². The maximum atomic E-state index is 11.3. The molecule has 0 amide bonds. The van der Waals surface area contributed by atoms with Gasteiger partial charge in [0.05, 0.1) is 12.5 Å². The lowest BCUT2D eigenvalue weighted by Crippen LogP contribution is -2.28. The number of nitrogens with zero attached hydrogens (tertiary/aromatic N) is 1. The van der Waals surface area contributed by atoms with Crippen LogP contribution in [-0.2, 0) is 19.2 Å². The number of oxime groups is 1. The number of rotatable bonds is 5. The van der Waals surface area contributed by atoms with Crippen molar-refractivity contribution in [2.45, 2.75) is 20.8 Å². The van der Waals surface area contributed by atoms with Crippen LogP contribution in [0.5, 0.6) is 0 Å². The first kappa shape index (κ1) is 12.6. The van der Waals surface area contributed by atoms with E-state index in [4.69, 9.17) is 4.74 Å². The molecule has 0 aromatic carbocycles. The fourth-order valence-electron chi connectivity index (χ4n) is 0.789. The van der Waals surface area contributed by atoms with Crippen LogP contribution in [0.25, 0.3) is 0 Å². The van der Waals surface area contributed by atoms with Gasteiger partial charge in [0.2, 0.25) is 0 Å². The summed E-state index contributed by atoms with van der Waals surface area (Å²) >= 11 is 0. The second-order valence-electron chi connectivity index (χ2n) is 2.71. The average molecular weight is 201 g/mol. The Morgan fingerprint density at radius 3 is 2.36 bits per heavy atom. The van der Waals surface area contributed by atoms with Crippen molar-refractivity contribution in [1.82, 2.24) is 0 Å². The van der Waals surface area contributed by atoms with Gasteiger partial charge in [0, 0.05) is 0 Å². The second kappa shape index (κ2) is 6.12. The van der Waals surface area contributed by atoms with Crippen LogP contribution in [0, 0.1) is 5.92 Å². The molecule has 0 aromatic rings. The molecule has 0 aliphatic heterocycles. The van der Waals surface area contributed by atoms with Crippen LogP contribution in [0.3, 0.4) is 0 Å². The highest BCUT2D eigenvalue weighted by Crippen LogP contribution is 2.03. The molecule has 0 bridgehead atoms. The predicted molar refractivity (Wildman–Crippen MR) is 50.9 cm³/mol. The number of carbonyl (C=O) groups is 2. The normalized spacial score (nSPS) is 13.3. The third kappa shape index (κ3) is 3.55. The first-order chi connectivity index (χ1) is 6.54. The number of ether oxygens (including phenoxy) is 1. The Labute approximate surface area is 83.1 Å². The molecule has 0 saturated carbocycles. The summed E-state index contributed by atoms with van der Waals surface area (Å²) in [5.74, 6) is -1.38. The van der Waals surface area contributed by atoms with Crippen molar-refractivity contribution in [2.75, 3.05) is 13.7 Å². The Morgan fingerprint density at radius 2 is 2.00 bits per heavy atom. The minimum Gasteiger partial charge on any atom is -0.461 e. The molecule has 0 saturated heterocycles. The number of ketones is 1. The second-order valence-corrected chi connectivity index (χ2v) is 2.71. The van der Waals surface area contributed by atoms with E-state index in [1.54, 1.807) is 13.8 Å². The SMILES string of the molecule is CCOC(=O)/C(=N/OC)C(C)C(C)=O. The number of Topliss-reactive ketones (excluding diaryl/α,β-unsaturated/α-hetero) is 1. The highest BCUT2D eigenvalue weighted by atomic mass is 16.6. The quantitative estimate of drug-likeness (QED) is 0.374. The lowest BCUT2D eigenvalue weighted by Gasteiger charge is -2.09. The van der Waals surface area contributed by atoms with E-state index in [0.717, 1.165) is 0 Å². The van der Waals surface area contributed by atoms with E-state index in [2.05, 4.69) is 9.99 Å².